The maximum atomic E-state index is 6.05. The van der Waals surface area contributed by atoms with E-state index >= 15 is 0 Å². The van der Waals surface area contributed by atoms with Gasteiger partial charge in [0.15, 0.2) is 0 Å². The van der Waals surface area contributed by atoms with Gasteiger partial charge in [0.05, 0.1) is 10.0 Å². The zero-order chi connectivity index (χ0) is 12.3. The molecule has 1 aliphatic carbocycles. The first-order valence-corrected chi connectivity index (χ1v) is 6.71. The van der Waals surface area contributed by atoms with Crippen LogP contribution in [0.2, 0.25) is 10.0 Å². The summed E-state index contributed by atoms with van der Waals surface area (Å²) in [6.07, 6.45) is 5.35. The van der Waals surface area contributed by atoms with Crippen molar-refractivity contribution in [2.24, 2.45) is 17.6 Å². The summed E-state index contributed by atoms with van der Waals surface area (Å²) < 4.78 is 0. The van der Waals surface area contributed by atoms with E-state index < -0.39 is 0 Å². The van der Waals surface area contributed by atoms with Crippen molar-refractivity contribution < 1.29 is 0 Å². The molecule has 1 heterocycles. The highest BCUT2D eigenvalue weighted by molar-refractivity contribution is 6.35. The summed E-state index contributed by atoms with van der Waals surface area (Å²) in [4.78, 5) is 4.18. The van der Waals surface area contributed by atoms with Crippen LogP contribution in [0.4, 0.5) is 5.82 Å². The van der Waals surface area contributed by atoms with Crippen LogP contribution in [0.3, 0.4) is 0 Å². The topological polar surface area (TPSA) is 50.9 Å². The van der Waals surface area contributed by atoms with Gasteiger partial charge in [0.2, 0.25) is 0 Å². The lowest BCUT2D eigenvalue weighted by molar-refractivity contribution is 0.414. The minimum atomic E-state index is 0.557. The van der Waals surface area contributed by atoms with Gasteiger partial charge in [-0.1, -0.05) is 29.6 Å². The minimum absolute atomic E-state index is 0.557. The van der Waals surface area contributed by atoms with Crippen LogP contribution in [-0.4, -0.2) is 18.1 Å². The molecule has 0 radical (unpaired) electrons. The second kappa shape index (κ2) is 5.89. The number of hydrogen-bond donors (Lipinski definition) is 2. The predicted molar refractivity (Wildman–Crippen MR) is 72.6 cm³/mol. The van der Waals surface area contributed by atoms with Crippen LogP contribution in [-0.2, 0) is 0 Å². The molecule has 0 aliphatic heterocycles. The summed E-state index contributed by atoms with van der Waals surface area (Å²) in [7, 11) is 0. The van der Waals surface area contributed by atoms with Crippen molar-refractivity contribution in [1.29, 1.82) is 0 Å². The van der Waals surface area contributed by atoms with E-state index in [1.165, 1.54) is 19.3 Å². The van der Waals surface area contributed by atoms with Gasteiger partial charge in [-0.3, -0.25) is 0 Å². The van der Waals surface area contributed by atoms with Crippen LogP contribution >= 0.6 is 23.2 Å². The molecule has 0 saturated heterocycles. The molecular formula is C12H17Cl2N3. The van der Waals surface area contributed by atoms with Gasteiger partial charge in [-0.15, -0.1) is 0 Å². The Bertz CT molecular complexity index is 384. The molecule has 1 fully saturated rings. The number of aromatic nitrogens is 1. The van der Waals surface area contributed by atoms with Crippen LogP contribution < -0.4 is 11.1 Å². The van der Waals surface area contributed by atoms with Crippen molar-refractivity contribution in [3.8, 4) is 0 Å². The Labute approximate surface area is 112 Å². The van der Waals surface area contributed by atoms with Crippen LogP contribution in [0.15, 0.2) is 12.3 Å². The molecule has 2 rings (SSSR count). The fourth-order valence-corrected chi connectivity index (χ4v) is 2.91. The predicted octanol–water partition coefficient (Wildman–Crippen LogP) is 3.18. The fourth-order valence-electron chi connectivity index (χ4n) is 2.47. The third kappa shape index (κ3) is 3.24. The molecule has 0 amide bonds. The maximum absolute atomic E-state index is 6.05. The van der Waals surface area contributed by atoms with E-state index in [2.05, 4.69) is 10.3 Å². The highest BCUT2D eigenvalue weighted by Crippen LogP contribution is 2.31. The molecule has 3 nitrogen and oxygen atoms in total. The largest absolute Gasteiger partial charge is 0.369 e. The molecule has 2 atom stereocenters. The Morgan fingerprint density at radius 3 is 2.82 bits per heavy atom. The Morgan fingerprint density at radius 2 is 2.12 bits per heavy atom. The summed E-state index contributed by atoms with van der Waals surface area (Å²) >= 11 is 11.8. The van der Waals surface area contributed by atoms with Crippen molar-refractivity contribution in [3.63, 3.8) is 0 Å². The van der Waals surface area contributed by atoms with Gasteiger partial charge >= 0.3 is 0 Å². The average molecular weight is 274 g/mol. The van der Waals surface area contributed by atoms with E-state index in [0.717, 1.165) is 13.1 Å². The number of nitrogens with zero attached hydrogens (tertiary/aromatic N) is 1. The van der Waals surface area contributed by atoms with Crippen LogP contribution in [0, 0.1) is 11.8 Å². The number of halogens is 2. The van der Waals surface area contributed by atoms with Crippen molar-refractivity contribution in [2.45, 2.75) is 19.3 Å². The van der Waals surface area contributed by atoms with Crippen LogP contribution in [0.5, 0.6) is 0 Å². The molecule has 0 aromatic carbocycles. The zero-order valence-electron chi connectivity index (χ0n) is 9.63. The lowest BCUT2D eigenvalue weighted by atomic mass is 9.96. The fraction of sp³-hybridized carbons (Fsp3) is 0.583. The van der Waals surface area contributed by atoms with Gasteiger partial charge in [0, 0.05) is 12.7 Å². The molecule has 3 N–H and O–H groups in total. The van der Waals surface area contributed by atoms with Crippen molar-refractivity contribution in [1.82, 2.24) is 4.98 Å². The number of anilines is 1. The van der Waals surface area contributed by atoms with E-state index in [4.69, 9.17) is 28.9 Å². The standard InChI is InChI=1S/C12H17Cl2N3/c13-10-4-11(14)12(17-7-10)16-6-9-3-1-2-8(9)5-15/h4,7-9H,1-3,5-6,15H2,(H,16,17). The van der Waals surface area contributed by atoms with Crippen molar-refractivity contribution in [3.05, 3.63) is 22.3 Å². The minimum Gasteiger partial charge on any atom is -0.369 e. The van der Waals surface area contributed by atoms with Gasteiger partial charge in [0.1, 0.15) is 5.82 Å². The molecule has 1 aliphatic rings. The second-order valence-electron chi connectivity index (χ2n) is 4.55. The van der Waals surface area contributed by atoms with Crippen LogP contribution in [0.25, 0.3) is 0 Å². The normalized spacial score (nSPS) is 23.9. The Balaban J connectivity index is 1.93. The number of hydrogen-bond acceptors (Lipinski definition) is 3. The van der Waals surface area contributed by atoms with E-state index in [-0.39, 0.29) is 0 Å². The van der Waals surface area contributed by atoms with Crippen molar-refractivity contribution >= 4 is 29.0 Å². The van der Waals surface area contributed by atoms with Gasteiger partial charge in [0.25, 0.3) is 0 Å². The molecule has 2 unspecified atom stereocenters. The molecule has 1 saturated carbocycles. The number of nitrogens with two attached hydrogens (primary N) is 1. The first-order valence-electron chi connectivity index (χ1n) is 5.95. The molecule has 94 valence electrons. The van der Waals surface area contributed by atoms with E-state index in [0.29, 0.717) is 27.7 Å². The maximum Gasteiger partial charge on any atom is 0.144 e. The number of pyridine rings is 1. The highest BCUT2D eigenvalue weighted by atomic mass is 35.5. The van der Waals surface area contributed by atoms with Gasteiger partial charge < -0.3 is 11.1 Å². The van der Waals surface area contributed by atoms with E-state index in [1.54, 1.807) is 12.3 Å². The smallest absolute Gasteiger partial charge is 0.144 e. The number of nitrogens with one attached hydrogen (secondary N) is 1. The van der Waals surface area contributed by atoms with Gasteiger partial charge in [-0.05, 0) is 37.3 Å². The molecule has 5 heteroatoms. The SMILES string of the molecule is NCC1CCCC1CNc1ncc(Cl)cc1Cl. The Morgan fingerprint density at radius 1 is 1.35 bits per heavy atom. The summed E-state index contributed by atoms with van der Waals surface area (Å²) in [6.45, 7) is 1.66. The number of rotatable bonds is 4. The molecular weight excluding hydrogens is 257 g/mol. The second-order valence-corrected chi connectivity index (χ2v) is 5.40. The Hall–Kier alpha value is -0.510. The molecule has 1 aromatic heterocycles. The summed E-state index contributed by atoms with van der Waals surface area (Å²) in [5, 5.41) is 4.42. The van der Waals surface area contributed by atoms with Crippen molar-refractivity contribution in [2.75, 3.05) is 18.4 Å². The molecule has 17 heavy (non-hydrogen) atoms. The first-order chi connectivity index (χ1) is 8.20. The first kappa shape index (κ1) is 12.9. The lowest BCUT2D eigenvalue weighted by Gasteiger charge is -2.18. The lowest BCUT2D eigenvalue weighted by Crippen LogP contribution is -2.24. The van der Waals surface area contributed by atoms with Gasteiger partial charge in [-0.2, -0.15) is 0 Å². The monoisotopic (exact) mass is 273 g/mol. The quantitative estimate of drug-likeness (QED) is 0.886. The van der Waals surface area contributed by atoms with Crippen LogP contribution in [0.1, 0.15) is 19.3 Å². The van der Waals surface area contributed by atoms with E-state index in [1.807, 2.05) is 0 Å². The summed E-state index contributed by atoms with van der Waals surface area (Å²) in [6, 6.07) is 1.70. The molecule has 0 spiro atoms. The Kier molecular flexibility index (Phi) is 4.48. The molecule has 1 aromatic rings. The van der Waals surface area contributed by atoms with Gasteiger partial charge in [-0.25, -0.2) is 4.98 Å². The molecule has 0 bridgehead atoms. The zero-order valence-corrected chi connectivity index (χ0v) is 11.1. The third-order valence-electron chi connectivity index (χ3n) is 3.46. The summed E-state index contributed by atoms with van der Waals surface area (Å²) in [5.74, 6) is 1.97. The highest BCUT2D eigenvalue weighted by Gasteiger charge is 2.25. The van der Waals surface area contributed by atoms with E-state index in [9.17, 15) is 0 Å². The summed E-state index contributed by atoms with van der Waals surface area (Å²) in [5.41, 5.74) is 5.76. The average Bonchev–Trinajstić information content (AvgIpc) is 2.75. The third-order valence-corrected chi connectivity index (χ3v) is 3.95.